The van der Waals surface area contributed by atoms with E-state index in [0.29, 0.717) is 26.2 Å². The molecule has 2 aromatic rings. The Morgan fingerprint density at radius 3 is 2.96 bits per heavy atom. The molecule has 2 N–H and O–H groups in total. The highest BCUT2D eigenvalue weighted by Gasteiger charge is 2.16. The Balaban J connectivity index is 1.73. The molecule has 1 heterocycles. The van der Waals surface area contributed by atoms with E-state index >= 15 is 0 Å². The Morgan fingerprint density at radius 1 is 1.28 bits per heavy atom. The number of rotatable bonds is 4. The fourth-order valence-electron chi connectivity index (χ4n) is 2.89. The molecule has 132 valence electrons. The predicted octanol–water partition coefficient (Wildman–Crippen LogP) is 3.36. The van der Waals surface area contributed by atoms with Crippen molar-refractivity contribution in [3.63, 3.8) is 0 Å². The molecular weight excluding hydrogens is 321 g/mol. The minimum atomic E-state index is -0.228. The van der Waals surface area contributed by atoms with Crippen molar-refractivity contribution in [3.05, 3.63) is 59.4 Å². The van der Waals surface area contributed by atoms with Crippen LogP contribution in [0.2, 0.25) is 0 Å². The van der Waals surface area contributed by atoms with Gasteiger partial charge in [-0.1, -0.05) is 12.1 Å². The van der Waals surface area contributed by atoms with Crippen LogP contribution in [0.1, 0.15) is 18.1 Å². The molecule has 2 amide bonds. The lowest BCUT2D eigenvalue weighted by Crippen LogP contribution is -2.28. The van der Waals surface area contributed by atoms with Gasteiger partial charge < -0.3 is 15.4 Å². The van der Waals surface area contributed by atoms with Gasteiger partial charge in [0.1, 0.15) is 18.2 Å². The summed E-state index contributed by atoms with van der Waals surface area (Å²) in [6, 6.07) is 12.1. The number of hydrogen-bond donors (Lipinski definition) is 2. The lowest BCUT2D eigenvalue weighted by molar-refractivity contribution is 0.219. The zero-order valence-electron chi connectivity index (χ0n) is 14.2. The summed E-state index contributed by atoms with van der Waals surface area (Å²) in [7, 11) is 0. The Morgan fingerprint density at radius 2 is 2.16 bits per heavy atom. The number of nitrogens with one attached hydrogen (secondary N) is 2. The van der Waals surface area contributed by atoms with E-state index in [0.717, 1.165) is 29.1 Å². The zero-order chi connectivity index (χ0) is 17.6. The van der Waals surface area contributed by atoms with Crippen LogP contribution in [-0.4, -0.2) is 30.6 Å². The fraction of sp³-hybridized carbons (Fsp3) is 0.316. The highest BCUT2D eigenvalue weighted by atomic mass is 19.1. The summed E-state index contributed by atoms with van der Waals surface area (Å²) in [4.78, 5) is 13.9. The van der Waals surface area contributed by atoms with Crippen molar-refractivity contribution in [1.29, 1.82) is 0 Å². The van der Waals surface area contributed by atoms with E-state index in [-0.39, 0.29) is 11.8 Å². The second-order valence-electron chi connectivity index (χ2n) is 6.00. The monoisotopic (exact) mass is 343 g/mol. The number of urea groups is 1. The van der Waals surface area contributed by atoms with Gasteiger partial charge in [0.05, 0.1) is 0 Å². The number of carbonyl (C=O) groups excluding carboxylic acids is 1. The van der Waals surface area contributed by atoms with E-state index in [1.165, 1.54) is 6.07 Å². The van der Waals surface area contributed by atoms with Gasteiger partial charge in [-0.2, -0.15) is 0 Å². The third-order valence-corrected chi connectivity index (χ3v) is 4.01. The third-order valence-electron chi connectivity index (χ3n) is 4.01. The first-order chi connectivity index (χ1) is 12.1. The first-order valence-electron chi connectivity index (χ1n) is 8.41. The minimum Gasteiger partial charge on any atom is -0.492 e. The van der Waals surface area contributed by atoms with Gasteiger partial charge in [-0.15, -0.1) is 0 Å². The maximum absolute atomic E-state index is 13.4. The first kappa shape index (κ1) is 17.2. The van der Waals surface area contributed by atoms with Crippen molar-refractivity contribution in [2.75, 3.05) is 25.0 Å². The molecule has 0 fully saturated rings. The van der Waals surface area contributed by atoms with Crippen LogP contribution in [0.5, 0.6) is 5.75 Å². The van der Waals surface area contributed by atoms with Gasteiger partial charge in [0, 0.05) is 37.4 Å². The van der Waals surface area contributed by atoms with Gasteiger partial charge in [-0.05, 0) is 42.8 Å². The molecule has 0 aliphatic carbocycles. The van der Waals surface area contributed by atoms with Gasteiger partial charge in [0.2, 0.25) is 0 Å². The molecule has 0 saturated heterocycles. The van der Waals surface area contributed by atoms with E-state index in [4.69, 9.17) is 4.74 Å². The Labute approximate surface area is 146 Å². The van der Waals surface area contributed by atoms with Gasteiger partial charge in [-0.3, -0.25) is 4.90 Å². The number of hydrogen-bond acceptors (Lipinski definition) is 3. The predicted molar refractivity (Wildman–Crippen MR) is 95.1 cm³/mol. The lowest BCUT2D eigenvalue weighted by atomic mass is 10.1. The second-order valence-corrected chi connectivity index (χ2v) is 6.00. The average Bonchev–Trinajstić information content (AvgIpc) is 2.76. The van der Waals surface area contributed by atoms with E-state index in [9.17, 15) is 9.18 Å². The normalized spacial score (nSPS) is 14.2. The fourth-order valence-corrected chi connectivity index (χ4v) is 2.89. The van der Waals surface area contributed by atoms with Crippen molar-refractivity contribution < 1.29 is 13.9 Å². The van der Waals surface area contributed by atoms with E-state index in [1.807, 2.05) is 31.2 Å². The number of anilines is 1. The summed E-state index contributed by atoms with van der Waals surface area (Å²) in [6.07, 6.45) is 0. The summed E-state index contributed by atoms with van der Waals surface area (Å²) in [5, 5.41) is 5.52. The zero-order valence-corrected chi connectivity index (χ0v) is 14.2. The van der Waals surface area contributed by atoms with Crippen molar-refractivity contribution in [1.82, 2.24) is 10.2 Å². The quantitative estimate of drug-likeness (QED) is 0.895. The standard InChI is InChI=1S/C19H22FN3O2/c1-2-21-19(24)22-17-6-7-18-15(11-17)13-23(8-9-25-18)12-14-4-3-5-16(20)10-14/h3-7,10-11H,2,8-9,12-13H2,1H3,(H2,21,22,24). The molecule has 1 aliphatic rings. The molecule has 0 saturated carbocycles. The SMILES string of the molecule is CCNC(=O)Nc1ccc2c(c1)CN(Cc1cccc(F)c1)CCO2. The Hall–Kier alpha value is -2.60. The van der Waals surface area contributed by atoms with Gasteiger partial charge in [0.25, 0.3) is 0 Å². The molecule has 2 aromatic carbocycles. The van der Waals surface area contributed by atoms with Crippen LogP contribution in [0.25, 0.3) is 0 Å². The molecule has 0 bridgehead atoms. The molecule has 0 aromatic heterocycles. The number of fused-ring (bicyclic) bond motifs is 1. The van der Waals surface area contributed by atoms with Crippen molar-refractivity contribution in [2.45, 2.75) is 20.0 Å². The van der Waals surface area contributed by atoms with Crippen LogP contribution in [0, 0.1) is 5.82 Å². The molecule has 0 spiro atoms. The summed E-state index contributed by atoms with van der Waals surface area (Å²) in [6.45, 7) is 5.09. The molecular formula is C19H22FN3O2. The topological polar surface area (TPSA) is 53.6 Å². The number of benzene rings is 2. The van der Waals surface area contributed by atoms with E-state index in [1.54, 1.807) is 12.1 Å². The van der Waals surface area contributed by atoms with Gasteiger partial charge in [-0.25, -0.2) is 9.18 Å². The highest BCUT2D eigenvalue weighted by Crippen LogP contribution is 2.27. The molecule has 0 radical (unpaired) electrons. The number of halogens is 1. The Kier molecular flexibility index (Phi) is 5.50. The summed E-state index contributed by atoms with van der Waals surface area (Å²) < 4.78 is 19.2. The number of carbonyl (C=O) groups is 1. The van der Waals surface area contributed by atoms with E-state index < -0.39 is 0 Å². The maximum atomic E-state index is 13.4. The van der Waals surface area contributed by atoms with Crippen LogP contribution in [0.15, 0.2) is 42.5 Å². The third kappa shape index (κ3) is 4.70. The molecule has 3 rings (SSSR count). The van der Waals surface area contributed by atoms with Crippen molar-refractivity contribution in [3.8, 4) is 5.75 Å². The largest absolute Gasteiger partial charge is 0.492 e. The second kappa shape index (κ2) is 7.98. The number of nitrogens with zero attached hydrogens (tertiary/aromatic N) is 1. The highest BCUT2D eigenvalue weighted by molar-refractivity contribution is 5.89. The molecule has 5 nitrogen and oxygen atoms in total. The summed E-state index contributed by atoms with van der Waals surface area (Å²) >= 11 is 0. The lowest BCUT2D eigenvalue weighted by Gasteiger charge is -2.19. The van der Waals surface area contributed by atoms with Crippen LogP contribution in [0.3, 0.4) is 0 Å². The summed E-state index contributed by atoms with van der Waals surface area (Å²) in [5.41, 5.74) is 2.66. The smallest absolute Gasteiger partial charge is 0.319 e. The first-order valence-corrected chi connectivity index (χ1v) is 8.41. The molecule has 0 unspecified atom stereocenters. The van der Waals surface area contributed by atoms with E-state index in [2.05, 4.69) is 15.5 Å². The average molecular weight is 343 g/mol. The van der Waals surface area contributed by atoms with Crippen LogP contribution in [-0.2, 0) is 13.1 Å². The van der Waals surface area contributed by atoms with Crippen LogP contribution in [0.4, 0.5) is 14.9 Å². The molecule has 6 heteroatoms. The molecule has 0 atom stereocenters. The van der Waals surface area contributed by atoms with Crippen molar-refractivity contribution in [2.24, 2.45) is 0 Å². The minimum absolute atomic E-state index is 0.225. The number of amides is 2. The Bertz CT molecular complexity index is 751. The number of ether oxygens (including phenoxy) is 1. The van der Waals surface area contributed by atoms with Gasteiger partial charge in [0.15, 0.2) is 0 Å². The van der Waals surface area contributed by atoms with Crippen molar-refractivity contribution >= 4 is 11.7 Å². The molecule has 1 aliphatic heterocycles. The maximum Gasteiger partial charge on any atom is 0.319 e. The molecule has 25 heavy (non-hydrogen) atoms. The van der Waals surface area contributed by atoms with Crippen LogP contribution < -0.4 is 15.4 Å². The summed E-state index contributed by atoms with van der Waals surface area (Å²) in [5.74, 6) is 0.598. The van der Waals surface area contributed by atoms with Crippen LogP contribution >= 0.6 is 0 Å². The van der Waals surface area contributed by atoms with Gasteiger partial charge >= 0.3 is 6.03 Å².